The normalized spacial score (nSPS) is 10.4. The van der Waals surface area contributed by atoms with E-state index in [1.54, 1.807) is 24.3 Å². The van der Waals surface area contributed by atoms with Crippen molar-refractivity contribution in [3.05, 3.63) is 64.2 Å². The smallest absolute Gasteiger partial charge is 0.353 e. The lowest BCUT2D eigenvalue weighted by molar-refractivity contribution is -0.383. The Morgan fingerprint density at radius 3 is 2.25 bits per heavy atom. The van der Waals surface area contributed by atoms with E-state index >= 15 is 0 Å². The van der Waals surface area contributed by atoms with Gasteiger partial charge in [0, 0.05) is 11.4 Å². The Kier molecular flexibility index (Phi) is 5.54. The Morgan fingerprint density at radius 2 is 1.64 bits per heavy atom. The monoisotopic (exact) mass is 380 g/mol. The molecule has 0 atom stereocenters. The Balaban J connectivity index is 1.91. The predicted octanol–water partition coefficient (Wildman–Crippen LogP) is 4.16. The first-order valence-electron chi connectivity index (χ1n) is 8.61. The Bertz CT molecular complexity index is 974. The van der Waals surface area contributed by atoms with Crippen LogP contribution in [-0.4, -0.2) is 21.5 Å². The summed E-state index contributed by atoms with van der Waals surface area (Å²) in [6.07, 6.45) is 0. The zero-order chi connectivity index (χ0) is 20.1. The number of nitro groups is 1. The fourth-order valence-electron chi connectivity index (χ4n) is 2.50. The van der Waals surface area contributed by atoms with Crippen molar-refractivity contribution in [1.82, 2.24) is 9.97 Å². The van der Waals surface area contributed by atoms with Gasteiger partial charge in [0.15, 0.2) is 0 Å². The first-order chi connectivity index (χ1) is 13.5. The third-order valence-corrected chi connectivity index (χ3v) is 3.83. The lowest BCUT2D eigenvalue weighted by Gasteiger charge is -2.11. The van der Waals surface area contributed by atoms with Gasteiger partial charge in [0.25, 0.3) is 0 Å². The average Bonchev–Trinajstić information content (AvgIpc) is 2.65. The van der Waals surface area contributed by atoms with Gasteiger partial charge >= 0.3 is 5.69 Å². The summed E-state index contributed by atoms with van der Waals surface area (Å²) >= 11 is 0. The van der Waals surface area contributed by atoms with Gasteiger partial charge in [0.2, 0.25) is 17.6 Å². The number of benzene rings is 2. The molecule has 0 aliphatic heterocycles. The maximum atomic E-state index is 11.4. The van der Waals surface area contributed by atoms with E-state index in [1.165, 1.54) is 0 Å². The Labute approximate surface area is 161 Å². The van der Waals surface area contributed by atoms with E-state index in [4.69, 9.17) is 10.5 Å². The molecule has 0 spiro atoms. The number of nitrogens with two attached hydrogens (primary N) is 1. The van der Waals surface area contributed by atoms with Gasteiger partial charge in [-0.15, -0.1) is 0 Å². The molecule has 0 fully saturated rings. The number of rotatable bonds is 7. The van der Waals surface area contributed by atoms with Gasteiger partial charge in [0.1, 0.15) is 5.75 Å². The lowest BCUT2D eigenvalue weighted by atomic mass is 10.2. The summed E-state index contributed by atoms with van der Waals surface area (Å²) < 4.78 is 5.39. The molecule has 0 saturated carbocycles. The van der Waals surface area contributed by atoms with Crippen LogP contribution in [0.3, 0.4) is 0 Å². The third-order valence-electron chi connectivity index (χ3n) is 3.83. The lowest BCUT2D eigenvalue weighted by Crippen LogP contribution is -2.08. The molecule has 0 aliphatic carbocycles. The first-order valence-corrected chi connectivity index (χ1v) is 8.61. The molecule has 2 aromatic carbocycles. The molecule has 0 bridgehead atoms. The van der Waals surface area contributed by atoms with Crippen LogP contribution >= 0.6 is 0 Å². The molecule has 0 unspecified atom stereocenters. The summed E-state index contributed by atoms with van der Waals surface area (Å²) in [5.41, 5.74) is 7.89. The van der Waals surface area contributed by atoms with Gasteiger partial charge in [-0.3, -0.25) is 10.1 Å². The van der Waals surface area contributed by atoms with E-state index in [9.17, 15) is 10.1 Å². The van der Waals surface area contributed by atoms with Crippen LogP contribution in [0.25, 0.3) is 0 Å². The van der Waals surface area contributed by atoms with Crippen molar-refractivity contribution in [3.8, 4) is 5.75 Å². The topological polar surface area (TPSA) is 128 Å². The second-order valence-corrected chi connectivity index (χ2v) is 5.96. The van der Waals surface area contributed by atoms with Crippen LogP contribution in [0.5, 0.6) is 5.75 Å². The molecule has 0 radical (unpaired) electrons. The van der Waals surface area contributed by atoms with Crippen molar-refractivity contribution in [3.63, 3.8) is 0 Å². The van der Waals surface area contributed by atoms with E-state index in [0.717, 1.165) is 11.3 Å². The molecule has 1 heterocycles. The van der Waals surface area contributed by atoms with Crippen LogP contribution in [0.15, 0.2) is 48.5 Å². The number of ether oxygens (including phenoxy) is 1. The molecule has 1 aromatic heterocycles. The molecule has 9 nitrogen and oxygen atoms in total. The molecule has 3 rings (SSSR count). The van der Waals surface area contributed by atoms with Gasteiger partial charge in [-0.25, -0.2) is 0 Å². The molecule has 4 N–H and O–H groups in total. The molecule has 0 amide bonds. The highest BCUT2D eigenvalue weighted by atomic mass is 16.6. The molecule has 3 aromatic rings. The maximum Gasteiger partial charge on any atom is 0.353 e. The minimum atomic E-state index is -0.609. The van der Waals surface area contributed by atoms with Crippen LogP contribution < -0.4 is 21.1 Å². The molecule has 0 saturated heterocycles. The van der Waals surface area contributed by atoms with Gasteiger partial charge in [-0.1, -0.05) is 17.7 Å². The highest BCUT2D eigenvalue weighted by Crippen LogP contribution is 2.32. The number of aryl methyl sites for hydroxylation is 1. The molecule has 28 heavy (non-hydrogen) atoms. The fraction of sp³-hybridized carbons (Fsp3) is 0.158. The fourth-order valence-corrected chi connectivity index (χ4v) is 2.50. The number of anilines is 5. The van der Waals surface area contributed by atoms with E-state index in [0.29, 0.717) is 18.0 Å². The molecule has 144 valence electrons. The van der Waals surface area contributed by atoms with Crippen molar-refractivity contribution >= 4 is 34.6 Å². The van der Waals surface area contributed by atoms with Crippen LogP contribution in [-0.2, 0) is 0 Å². The molecule has 0 aliphatic rings. The van der Waals surface area contributed by atoms with E-state index < -0.39 is 4.92 Å². The zero-order valence-corrected chi connectivity index (χ0v) is 15.5. The summed E-state index contributed by atoms with van der Waals surface area (Å²) in [6, 6.07) is 14.6. The largest absolute Gasteiger partial charge is 0.494 e. The number of hydrogen-bond donors (Lipinski definition) is 3. The number of nitrogens with zero attached hydrogens (tertiary/aromatic N) is 3. The molecular formula is C19H20N6O3. The van der Waals surface area contributed by atoms with E-state index in [2.05, 4.69) is 20.6 Å². The van der Waals surface area contributed by atoms with E-state index in [-0.39, 0.29) is 23.3 Å². The third kappa shape index (κ3) is 4.44. The van der Waals surface area contributed by atoms with Crippen LogP contribution in [0.1, 0.15) is 12.5 Å². The van der Waals surface area contributed by atoms with Gasteiger partial charge < -0.3 is 21.1 Å². The van der Waals surface area contributed by atoms with Crippen molar-refractivity contribution in [1.29, 1.82) is 0 Å². The van der Waals surface area contributed by atoms with Crippen LogP contribution in [0, 0.1) is 17.0 Å². The maximum absolute atomic E-state index is 11.4. The average molecular weight is 380 g/mol. The first kappa shape index (κ1) is 18.9. The summed E-state index contributed by atoms with van der Waals surface area (Å²) in [4.78, 5) is 19.1. The van der Waals surface area contributed by atoms with Gasteiger partial charge in [0.05, 0.1) is 11.5 Å². The van der Waals surface area contributed by atoms with Gasteiger partial charge in [-0.05, 0) is 50.2 Å². The zero-order valence-electron chi connectivity index (χ0n) is 15.5. The van der Waals surface area contributed by atoms with E-state index in [1.807, 2.05) is 38.1 Å². The van der Waals surface area contributed by atoms with Gasteiger partial charge in [-0.2, -0.15) is 9.97 Å². The SMILES string of the molecule is CCOc1ccc(Nc2nc(Nc3ccc(C)cc3)nc(N)c2[N+](=O)[O-])cc1. The van der Waals surface area contributed by atoms with Crippen LogP contribution in [0.2, 0.25) is 0 Å². The number of aromatic nitrogens is 2. The highest BCUT2D eigenvalue weighted by molar-refractivity contribution is 5.75. The summed E-state index contributed by atoms with van der Waals surface area (Å²) in [5.74, 6) is 0.617. The molecular weight excluding hydrogens is 360 g/mol. The predicted molar refractivity (Wildman–Crippen MR) is 108 cm³/mol. The standard InChI is InChI=1S/C19H20N6O3/c1-3-28-15-10-8-13(9-11-15)21-18-16(25(26)27)17(20)23-19(24-18)22-14-6-4-12(2)5-7-14/h4-11H,3H2,1-2H3,(H4,20,21,22,23,24). The minimum Gasteiger partial charge on any atom is -0.494 e. The molecule has 9 heteroatoms. The second kappa shape index (κ2) is 8.21. The van der Waals surface area contributed by atoms with Crippen molar-refractivity contribution in [2.45, 2.75) is 13.8 Å². The number of nitrogen functional groups attached to an aromatic ring is 1. The number of nitrogens with one attached hydrogen (secondary N) is 2. The summed E-state index contributed by atoms with van der Waals surface area (Å²) in [7, 11) is 0. The minimum absolute atomic E-state index is 0.00345. The van der Waals surface area contributed by atoms with Crippen molar-refractivity contribution in [2.75, 3.05) is 23.0 Å². The van der Waals surface area contributed by atoms with Crippen LogP contribution in [0.4, 0.5) is 34.6 Å². The highest BCUT2D eigenvalue weighted by Gasteiger charge is 2.23. The van der Waals surface area contributed by atoms with Crippen molar-refractivity contribution in [2.24, 2.45) is 0 Å². The second-order valence-electron chi connectivity index (χ2n) is 5.96. The Morgan fingerprint density at radius 1 is 1.04 bits per heavy atom. The summed E-state index contributed by atoms with van der Waals surface area (Å²) in [5, 5.41) is 17.4. The summed E-state index contributed by atoms with van der Waals surface area (Å²) in [6.45, 7) is 4.42. The quantitative estimate of drug-likeness (QED) is 0.412. The number of hydrogen-bond acceptors (Lipinski definition) is 8. The van der Waals surface area contributed by atoms with Crippen molar-refractivity contribution < 1.29 is 9.66 Å². The Hall–Kier alpha value is -3.88.